The van der Waals surface area contributed by atoms with E-state index >= 15 is 0 Å². The average molecular weight is 444 g/mol. The molecule has 0 amide bonds. The molecule has 2 N–H and O–H groups in total. The van der Waals surface area contributed by atoms with Crippen LogP contribution in [0.3, 0.4) is 0 Å². The highest BCUT2D eigenvalue weighted by Gasteiger charge is 2.16. The zero-order valence-electron chi connectivity index (χ0n) is 17.2. The van der Waals surface area contributed by atoms with Crippen LogP contribution in [0.25, 0.3) is 22.8 Å². The number of hydrogen-bond donors (Lipinski definition) is 2. The minimum absolute atomic E-state index is 0.0726. The number of rotatable bonds is 7. The molecule has 1 fully saturated rings. The molecular formula is C22H25N3O5S. The van der Waals surface area contributed by atoms with Crippen LogP contribution in [-0.2, 0) is 21.2 Å². The van der Waals surface area contributed by atoms with Crippen LogP contribution < -0.4 is 5.32 Å². The van der Waals surface area contributed by atoms with Crippen molar-refractivity contribution < 1.29 is 22.8 Å². The van der Waals surface area contributed by atoms with E-state index in [-0.39, 0.29) is 12.2 Å². The lowest BCUT2D eigenvalue weighted by atomic mass is 9.93. The van der Waals surface area contributed by atoms with Gasteiger partial charge in [0.15, 0.2) is 9.84 Å². The number of carboxylic acid groups (broad SMARTS) is 1. The van der Waals surface area contributed by atoms with Gasteiger partial charge in [-0.3, -0.25) is 4.79 Å². The smallest absolute Gasteiger partial charge is 0.290 e. The maximum atomic E-state index is 11.9. The molecule has 1 heterocycles. The first-order chi connectivity index (χ1) is 15.0. The zero-order chi connectivity index (χ0) is 22.3. The van der Waals surface area contributed by atoms with E-state index in [1.165, 1.54) is 24.8 Å². The molecule has 4 rings (SSSR count). The number of sulfone groups is 1. The molecule has 0 unspecified atom stereocenters. The van der Waals surface area contributed by atoms with Crippen molar-refractivity contribution >= 4 is 16.3 Å². The van der Waals surface area contributed by atoms with Gasteiger partial charge in [-0.25, -0.2) is 8.42 Å². The summed E-state index contributed by atoms with van der Waals surface area (Å²) in [6.07, 6.45) is 3.87. The average Bonchev–Trinajstić information content (AvgIpc) is 3.24. The van der Waals surface area contributed by atoms with E-state index in [1.807, 2.05) is 12.1 Å². The van der Waals surface area contributed by atoms with Gasteiger partial charge >= 0.3 is 0 Å². The largest absolute Gasteiger partial charge is 0.483 e. The summed E-state index contributed by atoms with van der Waals surface area (Å²) >= 11 is 0. The zero-order valence-corrected chi connectivity index (χ0v) is 18.0. The molecular weight excluding hydrogens is 418 g/mol. The second-order valence-corrected chi connectivity index (χ2v) is 9.44. The van der Waals surface area contributed by atoms with Crippen LogP contribution in [-0.4, -0.2) is 41.9 Å². The summed E-state index contributed by atoms with van der Waals surface area (Å²) < 4.78 is 29.2. The van der Waals surface area contributed by atoms with Crippen LogP contribution >= 0.6 is 0 Å². The molecule has 9 heteroatoms. The van der Waals surface area contributed by atoms with Gasteiger partial charge in [-0.2, -0.15) is 4.98 Å². The third-order valence-corrected chi connectivity index (χ3v) is 6.93. The van der Waals surface area contributed by atoms with E-state index in [9.17, 15) is 8.42 Å². The molecule has 1 aromatic heterocycles. The van der Waals surface area contributed by atoms with Gasteiger partial charge in [0.2, 0.25) is 5.82 Å². The molecule has 1 saturated carbocycles. The van der Waals surface area contributed by atoms with E-state index in [2.05, 4.69) is 27.6 Å². The lowest BCUT2D eigenvalue weighted by Crippen LogP contribution is -2.34. The van der Waals surface area contributed by atoms with Crippen LogP contribution in [0.15, 0.2) is 57.9 Å². The van der Waals surface area contributed by atoms with Gasteiger partial charge in [0, 0.05) is 23.7 Å². The summed E-state index contributed by atoms with van der Waals surface area (Å²) in [5.41, 5.74) is 2.80. The Balaban J connectivity index is 0.000000858. The molecule has 0 saturated heterocycles. The Morgan fingerprint density at radius 2 is 1.71 bits per heavy atom. The number of nitrogens with zero attached hydrogens (tertiary/aromatic N) is 2. The highest BCUT2D eigenvalue weighted by molar-refractivity contribution is 7.91. The van der Waals surface area contributed by atoms with Gasteiger partial charge in [-0.15, -0.1) is 0 Å². The Morgan fingerprint density at radius 1 is 1.10 bits per heavy atom. The van der Waals surface area contributed by atoms with Crippen molar-refractivity contribution in [3.63, 3.8) is 0 Å². The van der Waals surface area contributed by atoms with Gasteiger partial charge in [0.1, 0.15) is 0 Å². The van der Waals surface area contributed by atoms with Gasteiger partial charge < -0.3 is 14.9 Å². The van der Waals surface area contributed by atoms with Gasteiger partial charge in [0.05, 0.1) is 10.6 Å². The summed E-state index contributed by atoms with van der Waals surface area (Å²) in [5.74, 6) is 0.952. The predicted molar refractivity (Wildman–Crippen MR) is 116 cm³/mol. The van der Waals surface area contributed by atoms with Crippen LogP contribution in [0.1, 0.15) is 31.7 Å². The van der Waals surface area contributed by atoms with Crippen molar-refractivity contribution in [2.75, 3.05) is 5.75 Å². The molecule has 0 atom stereocenters. The molecule has 0 spiro atoms. The van der Waals surface area contributed by atoms with Crippen molar-refractivity contribution in [1.29, 1.82) is 0 Å². The lowest BCUT2D eigenvalue weighted by molar-refractivity contribution is -0.122. The van der Waals surface area contributed by atoms with E-state index in [1.54, 1.807) is 31.2 Å². The topological polar surface area (TPSA) is 122 Å². The van der Waals surface area contributed by atoms with Crippen molar-refractivity contribution in [2.24, 2.45) is 0 Å². The van der Waals surface area contributed by atoms with Crippen molar-refractivity contribution in [2.45, 2.75) is 43.7 Å². The molecule has 0 aliphatic heterocycles. The van der Waals surface area contributed by atoms with Crippen LogP contribution in [0.5, 0.6) is 0 Å². The molecule has 0 bridgehead atoms. The fraction of sp³-hybridized carbons (Fsp3) is 0.318. The monoisotopic (exact) mass is 443 g/mol. The van der Waals surface area contributed by atoms with Crippen LogP contribution in [0, 0.1) is 0 Å². The Bertz CT molecular complexity index is 1090. The molecule has 3 aromatic rings. The SMILES string of the molecule is CCS(=O)(=O)c1ccc(-c2nc(-c3ccc(CNC4CCC4)cc3)no2)cc1.O=CO. The minimum Gasteiger partial charge on any atom is -0.483 e. The fourth-order valence-electron chi connectivity index (χ4n) is 3.08. The van der Waals surface area contributed by atoms with E-state index in [0.717, 1.165) is 12.1 Å². The van der Waals surface area contributed by atoms with Crippen molar-refractivity contribution in [3.05, 3.63) is 54.1 Å². The Hall–Kier alpha value is -3.04. The Kier molecular flexibility index (Phi) is 7.54. The van der Waals surface area contributed by atoms with Crippen LogP contribution in [0.4, 0.5) is 0 Å². The van der Waals surface area contributed by atoms with Crippen molar-refractivity contribution in [3.8, 4) is 22.8 Å². The predicted octanol–water partition coefficient (Wildman–Crippen LogP) is 3.54. The van der Waals surface area contributed by atoms with E-state index in [4.69, 9.17) is 14.4 Å². The number of hydrogen-bond acceptors (Lipinski definition) is 7. The minimum atomic E-state index is -3.22. The number of benzene rings is 2. The highest BCUT2D eigenvalue weighted by atomic mass is 32.2. The summed E-state index contributed by atoms with van der Waals surface area (Å²) in [4.78, 5) is 13.1. The van der Waals surface area contributed by atoms with Crippen LogP contribution in [0.2, 0.25) is 0 Å². The first kappa shape index (κ1) is 22.6. The Labute approximate surface area is 181 Å². The molecule has 31 heavy (non-hydrogen) atoms. The standard InChI is InChI=1S/C21H23N3O3S.CH2O2/c1-2-28(25,26)19-12-10-17(11-13-19)21-23-20(24-27-21)16-8-6-15(7-9-16)14-22-18-4-3-5-18;2-1-3/h6-13,18,22H,2-5,14H2,1H3;1H,(H,2,3). The normalized spacial score (nSPS) is 13.7. The molecule has 1 aliphatic carbocycles. The third-order valence-electron chi connectivity index (χ3n) is 5.18. The summed E-state index contributed by atoms with van der Waals surface area (Å²) in [6, 6.07) is 15.3. The molecule has 164 valence electrons. The first-order valence-corrected chi connectivity index (χ1v) is 11.7. The third kappa shape index (κ3) is 5.77. The summed E-state index contributed by atoms with van der Waals surface area (Å²) in [6.45, 7) is 2.25. The first-order valence-electron chi connectivity index (χ1n) is 10.0. The number of aromatic nitrogens is 2. The van der Waals surface area contributed by atoms with Gasteiger partial charge in [0.25, 0.3) is 12.4 Å². The number of carbonyl (C=O) groups is 1. The maximum Gasteiger partial charge on any atom is 0.290 e. The van der Waals surface area contributed by atoms with Gasteiger partial charge in [-0.05, 0) is 42.7 Å². The van der Waals surface area contributed by atoms with Crippen molar-refractivity contribution in [1.82, 2.24) is 15.5 Å². The Morgan fingerprint density at radius 3 is 2.26 bits per heavy atom. The number of nitrogens with one attached hydrogen (secondary N) is 1. The van der Waals surface area contributed by atoms with Gasteiger partial charge in [-0.1, -0.05) is 42.8 Å². The second kappa shape index (κ2) is 10.3. The molecule has 1 aliphatic rings. The maximum absolute atomic E-state index is 11.9. The summed E-state index contributed by atoms with van der Waals surface area (Å²) in [7, 11) is -3.22. The quantitative estimate of drug-likeness (QED) is 0.532. The molecule has 8 nitrogen and oxygen atoms in total. The van der Waals surface area contributed by atoms with E-state index < -0.39 is 9.84 Å². The van der Waals surface area contributed by atoms with E-state index in [0.29, 0.717) is 28.2 Å². The molecule has 2 aromatic carbocycles. The summed E-state index contributed by atoms with van der Waals surface area (Å²) in [5, 5.41) is 14.5. The fourth-order valence-corrected chi connectivity index (χ4v) is 3.96. The highest BCUT2D eigenvalue weighted by Crippen LogP contribution is 2.24. The second-order valence-electron chi connectivity index (χ2n) is 7.16. The lowest BCUT2D eigenvalue weighted by Gasteiger charge is -2.26. The molecule has 0 radical (unpaired) electrons.